The summed E-state index contributed by atoms with van der Waals surface area (Å²) in [6.45, 7) is 2.84. The summed E-state index contributed by atoms with van der Waals surface area (Å²) in [5.41, 5.74) is 0.0522. The van der Waals surface area contributed by atoms with Crippen LogP contribution in [0, 0.1) is 0 Å². The lowest BCUT2D eigenvalue weighted by molar-refractivity contribution is -0.114. The summed E-state index contributed by atoms with van der Waals surface area (Å²) >= 11 is 0. The second-order valence-electron chi connectivity index (χ2n) is 5.67. The van der Waals surface area contributed by atoms with Gasteiger partial charge in [0.1, 0.15) is 5.75 Å². The van der Waals surface area contributed by atoms with Crippen molar-refractivity contribution >= 4 is 17.4 Å². The smallest absolute Gasteiger partial charge is 0.221 e. The molecule has 22 heavy (non-hydrogen) atoms. The molecule has 1 aliphatic rings. The molecule has 6 heteroatoms. The first kappa shape index (κ1) is 16.5. The van der Waals surface area contributed by atoms with Crippen molar-refractivity contribution in [2.45, 2.75) is 31.8 Å². The van der Waals surface area contributed by atoms with Gasteiger partial charge in [0.15, 0.2) is 5.78 Å². The molecule has 0 atom stereocenters. The molecule has 2 rings (SSSR count). The van der Waals surface area contributed by atoms with Gasteiger partial charge in [-0.25, -0.2) is 0 Å². The van der Waals surface area contributed by atoms with Crippen LogP contribution in [0.25, 0.3) is 0 Å². The van der Waals surface area contributed by atoms with Crippen molar-refractivity contribution in [1.82, 2.24) is 5.32 Å². The Morgan fingerprint density at radius 2 is 2.05 bits per heavy atom. The van der Waals surface area contributed by atoms with Crippen molar-refractivity contribution in [1.29, 1.82) is 0 Å². The van der Waals surface area contributed by atoms with Crippen LogP contribution in [0.3, 0.4) is 0 Å². The van der Waals surface area contributed by atoms with E-state index in [-0.39, 0.29) is 18.1 Å². The van der Waals surface area contributed by atoms with Crippen LogP contribution in [0.15, 0.2) is 18.2 Å². The number of benzene rings is 1. The molecule has 0 radical (unpaired) electrons. The number of carbonyl (C=O) groups is 2. The first-order valence-corrected chi connectivity index (χ1v) is 7.35. The van der Waals surface area contributed by atoms with Crippen LogP contribution in [-0.2, 0) is 4.79 Å². The van der Waals surface area contributed by atoms with Gasteiger partial charge in [-0.1, -0.05) is 0 Å². The zero-order valence-corrected chi connectivity index (χ0v) is 12.9. The summed E-state index contributed by atoms with van der Waals surface area (Å²) in [5, 5.41) is 16.3. The van der Waals surface area contributed by atoms with Crippen LogP contribution in [0.5, 0.6) is 5.75 Å². The number of hydrogen-bond acceptors (Lipinski definition) is 5. The van der Waals surface area contributed by atoms with Crippen LogP contribution in [0.4, 0.5) is 5.69 Å². The molecule has 3 N–H and O–H groups in total. The van der Waals surface area contributed by atoms with Gasteiger partial charge in [0, 0.05) is 18.9 Å². The first-order valence-electron chi connectivity index (χ1n) is 7.35. The molecule has 0 spiro atoms. The Balaban J connectivity index is 2.14. The Morgan fingerprint density at radius 1 is 1.36 bits per heavy atom. The fourth-order valence-electron chi connectivity index (χ4n) is 2.63. The molecule has 0 saturated carbocycles. The number of nitrogens with one attached hydrogen (secondary N) is 2. The molecule has 1 saturated heterocycles. The molecular weight excluding hydrogens is 284 g/mol. The predicted octanol–water partition coefficient (Wildman–Crippen LogP) is 1.34. The summed E-state index contributed by atoms with van der Waals surface area (Å²) in [6, 6.07) is 4.87. The topological polar surface area (TPSA) is 87.7 Å². The highest BCUT2D eigenvalue weighted by molar-refractivity contribution is 5.98. The number of anilines is 1. The summed E-state index contributed by atoms with van der Waals surface area (Å²) in [5.74, 6) is 0.0943. The standard InChI is InChI=1S/C16H22N2O4/c1-11(19)18-13-4-3-12(9-15(13)22-2)14(20)10-16(21)5-7-17-8-6-16/h3-4,9,17,21H,5-8,10H2,1-2H3,(H,18,19). The molecule has 1 aromatic carbocycles. The van der Waals surface area contributed by atoms with E-state index in [0.717, 1.165) is 0 Å². The Hall–Kier alpha value is -1.92. The van der Waals surface area contributed by atoms with E-state index in [0.29, 0.717) is 42.9 Å². The van der Waals surface area contributed by atoms with Gasteiger partial charge in [-0.2, -0.15) is 0 Å². The molecular formula is C16H22N2O4. The van der Waals surface area contributed by atoms with Crippen molar-refractivity contribution in [3.63, 3.8) is 0 Å². The maximum atomic E-state index is 12.4. The maximum absolute atomic E-state index is 12.4. The van der Waals surface area contributed by atoms with Crippen LogP contribution in [0.1, 0.15) is 36.5 Å². The molecule has 1 aliphatic heterocycles. The molecule has 0 aliphatic carbocycles. The molecule has 1 amide bonds. The minimum absolute atomic E-state index is 0.0946. The number of Topliss-reactive ketones (excluding diaryl/α,β-unsaturated/α-hetero) is 1. The van der Waals surface area contributed by atoms with Gasteiger partial charge < -0.3 is 20.5 Å². The molecule has 1 heterocycles. The van der Waals surface area contributed by atoms with E-state index in [1.54, 1.807) is 18.2 Å². The lowest BCUT2D eigenvalue weighted by Crippen LogP contribution is -2.43. The van der Waals surface area contributed by atoms with E-state index in [2.05, 4.69) is 10.6 Å². The second-order valence-corrected chi connectivity index (χ2v) is 5.67. The lowest BCUT2D eigenvalue weighted by Gasteiger charge is -2.32. The third kappa shape index (κ3) is 4.05. The van der Waals surface area contributed by atoms with Gasteiger partial charge in [-0.15, -0.1) is 0 Å². The van der Waals surface area contributed by atoms with Crippen LogP contribution in [-0.4, -0.2) is 42.6 Å². The van der Waals surface area contributed by atoms with Gasteiger partial charge >= 0.3 is 0 Å². The quantitative estimate of drug-likeness (QED) is 0.715. The number of aliphatic hydroxyl groups is 1. The first-order chi connectivity index (χ1) is 10.4. The zero-order valence-electron chi connectivity index (χ0n) is 12.9. The number of carbonyl (C=O) groups excluding carboxylic acids is 2. The van der Waals surface area contributed by atoms with Crippen LogP contribution in [0.2, 0.25) is 0 Å². The van der Waals surface area contributed by atoms with E-state index >= 15 is 0 Å². The normalized spacial score (nSPS) is 16.9. The summed E-state index contributed by atoms with van der Waals surface area (Å²) < 4.78 is 5.21. The summed E-state index contributed by atoms with van der Waals surface area (Å²) in [7, 11) is 1.48. The Bertz CT molecular complexity index is 565. The fourth-order valence-corrected chi connectivity index (χ4v) is 2.63. The Labute approximate surface area is 129 Å². The minimum Gasteiger partial charge on any atom is -0.495 e. The lowest BCUT2D eigenvalue weighted by atomic mass is 9.86. The molecule has 0 bridgehead atoms. The van der Waals surface area contributed by atoms with Crippen molar-refractivity contribution in [2.24, 2.45) is 0 Å². The van der Waals surface area contributed by atoms with Gasteiger partial charge in [0.25, 0.3) is 0 Å². The summed E-state index contributed by atoms with van der Waals surface area (Å²) in [4.78, 5) is 23.5. The number of rotatable bonds is 5. The van der Waals surface area contributed by atoms with Crippen LogP contribution < -0.4 is 15.4 Å². The third-order valence-corrected chi connectivity index (χ3v) is 3.86. The highest BCUT2D eigenvalue weighted by Gasteiger charge is 2.32. The van der Waals surface area contributed by atoms with Crippen LogP contribution >= 0.6 is 0 Å². The van der Waals surface area contributed by atoms with Gasteiger partial charge in [0.2, 0.25) is 5.91 Å². The van der Waals surface area contributed by atoms with E-state index in [4.69, 9.17) is 4.74 Å². The number of amides is 1. The summed E-state index contributed by atoms with van der Waals surface area (Å²) in [6.07, 6.45) is 1.23. The van der Waals surface area contributed by atoms with Crippen molar-refractivity contribution in [3.05, 3.63) is 23.8 Å². The SMILES string of the molecule is COc1cc(C(=O)CC2(O)CCNCC2)ccc1NC(C)=O. The molecule has 0 aromatic heterocycles. The third-order valence-electron chi connectivity index (χ3n) is 3.86. The van der Waals surface area contributed by atoms with E-state index in [1.165, 1.54) is 14.0 Å². The van der Waals surface area contributed by atoms with E-state index in [9.17, 15) is 14.7 Å². The minimum atomic E-state index is -0.939. The predicted molar refractivity (Wildman–Crippen MR) is 83.3 cm³/mol. The second kappa shape index (κ2) is 6.89. The van der Waals surface area contributed by atoms with Crippen molar-refractivity contribution in [3.8, 4) is 5.75 Å². The Morgan fingerprint density at radius 3 is 2.64 bits per heavy atom. The highest BCUT2D eigenvalue weighted by Crippen LogP contribution is 2.29. The molecule has 6 nitrogen and oxygen atoms in total. The largest absolute Gasteiger partial charge is 0.495 e. The van der Waals surface area contributed by atoms with Crippen molar-refractivity contribution < 1.29 is 19.4 Å². The average Bonchev–Trinajstić information content (AvgIpc) is 2.47. The molecule has 0 unspecified atom stereocenters. The fraction of sp³-hybridized carbons (Fsp3) is 0.500. The number of hydrogen-bond donors (Lipinski definition) is 3. The highest BCUT2D eigenvalue weighted by atomic mass is 16.5. The zero-order chi connectivity index (χ0) is 16.2. The molecule has 1 aromatic rings. The van der Waals surface area contributed by atoms with Gasteiger partial charge in [0.05, 0.1) is 18.4 Å². The maximum Gasteiger partial charge on any atom is 0.221 e. The molecule has 1 fully saturated rings. The average molecular weight is 306 g/mol. The number of ketones is 1. The molecule has 120 valence electrons. The van der Waals surface area contributed by atoms with Gasteiger partial charge in [-0.3, -0.25) is 9.59 Å². The monoisotopic (exact) mass is 306 g/mol. The number of ether oxygens (including phenoxy) is 1. The Kier molecular flexibility index (Phi) is 5.15. The van der Waals surface area contributed by atoms with E-state index < -0.39 is 5.60 Å². The van der Waals surface area contributed by atoms with E-state index in [1.807, 2.05) is 0 Å². The van der Waals surface area contributed by atoms with Gasteiger partial charge in [-0.05, 0) is 44.1 Å². The van der Waals surface area contributed by atoms with Crippen molar-refractivity contribution in [2.75, 3.05) is 25.5 Å². The number of piperidine rings is 1. The number of methoxy groups -OCH3 is 1.